The lowest BCUT2D eigenvalue weighted by atomic mass is 10.0. The average molecular weight is 270 g/mol. The molecule has 0 aliphatic heterocycles. The number of hydrogen-bond donors (Lipinski definition) is 0. The van der Waals surface area contributed by atoms with Gasteiger partial charge in [-0.25, -0.2) is 0 Å². The largest absolute Gasteiger partial charge is 0.0845 e. The predicted molar refractivity (Wildman–Crippen MR) is 91.1 cm³/mol. The first-order valence-corrected chi connectivity index (χ1v) is 8.23. The van der Waals surface area contributed by atoms with Crippen molar-refractivity contribution in [2.24, 2.45) is 0 Å². The summed E-state index contributed by atoms with van der Waals surface area (Å²) in [6.07, 6.45) is 18.5. The van der Waals surface area contributed by atoms with E-state index in [2.05, 4.69) is 68.5 Å². The lowest BCUT2D eigenvalue weighted by molar-refractivity contribution is 0.611. The van der Waals surface area contributed by atoms with Crippen LogP contribution in [-0.2, 0) is 0 Å². The van der Waals surface area contributed by atoms with E-state index in [0.29, 0.717) is 5.92 Å². The molecule has 0 spiro atoms. The summed E-state index contributed by atoms with van der Waals surface area (Å²) in [5, 5.41) is 0. The van der Waals surface area contributed by atoms with Crippen molar-refractivity contribution in [3.63, 3.8) is 0 Å². The Bertz CT molecular complexity index is 372. The van der Waals surface area contributed by atoms with Crippen LogP contribution in [0.4, 0.5) is 0 Å². The van der Waals surface area contributed by atoms with E-state index in [1.54, 1.807) is 0 Å². The second-order valence-electron chi connectivity index (χ2n) is 5.57. The first-order chi connectivity index (χ1) is 9.84. The van der Waals surface area contributed by atoms with E-state index >= 15 is 0 Å². The van der Waals surface area contributed by atoms with Crippen molar-refractivity contribution in [3.8, 4) is 0 Å². The van der Waals surface area contributed by atoms with E-state index in [1.807, 2.05) is 0 Å². The highest BCUT2D eigenvalue weighted by Gasteiger charge is 1.97. The highest BCUT2D eigenvalue weighted by atomic mass is 14.0. The van der Waals surface area contributed by atoms with Gasteiger partial charge in [-0.1, -0.05) is 101 Å². The van der Waals surface area contributed by atoms with Gasteiger partial charge in [0.2, 0.25) is 0 Å². The molecule has 1 atom stereocenters. The summed E-state index contributed by atoms with van der Waals surface area (Å²) in [7, 11) is 0. The number of allylic oxidation sites excluding steroid dienone is 4. The normalized spacial score (nSPS) is 13.3. The standard InChI is InChI=1S/C20H30/c1-3-4-5-6-7-8-9-10-11-13-16-19(2)20-17-14-12-15-18-20/h10-19H,3-9H2,1-2H3/b11-10+,16-13-/t19-/m1/s1. The molecule has 0 saturated heterocycles. The van der Waals surface area contributed by atoms with E-state index in [0.717, 1.165) is 0 Å². The van der Waals surface area contributed by atoms with Gasteiger partial charge in [0, 0.05) is 0 Å². The molecule has 0 aliphatic carbocycles. The van der Waals surface area contributed by atoms with Crippen molar-refractivity contribution in [3.05, 3.63) is 60.2 Å². The van der Waals surface area contributed by atoms with Crippen LogP contribution in [0.2, 0.25) is 0 Å². The van der Waals surface area contributed by atoms with E-state index in [1.165, 1.54) is 50.5 Å². The minimum atomic E-state index is 0.495. The Hall–Kier alpha value is -1.30. The molecule has 0 amide bonds. The summed E-state index contributed by atoms with van der Waals surface area (Å²) < 4.78 is 0. The highest BCUT2D eigenvalue weighted by molar-refractivity contribution is 5.23. The quantitative estimate of drug-likeness (QED) is 0.329. The van der Waals surface area contributed by atoms with Gasteiger partial charge < -0.3 is 0 Å². The zero-order valence-electron chi connectivity index (χ0n) is 13.2. The van der Waals surface area contributed by atoms with Crippen LogP contribution in [0, 0.1) is 0 Å². The molecule has 0 radical (unpaired) electrons. The second-order valence-corrected chi connectivity index (χ2v) is 5.57. The van der Waals surface area contributed by atoms with E-state index in [4.69, 9.17) is 0 Å². The van der Waals surface area contributed by atoms with Crippen LogP contribution < -0.4 is 0 Å². The lowest BCUT2D eigenvalue weighted by Crippen LogP contribution is -1.86. The van der Waals surface area contributed by atoms with Gasteiger partial charge in [-0.05, 0) is 24.3 Å². The fourth-order valence-corrected chi connectivity index (χ4v) is 2.32. The molecule has 0 aliphatic rings. The molecule has 0 nitrogen and oxygen atoms in total. The van der Waals surface area contributed by atoms with E-state index < -0.39 is 0 Å². The Kier molecular flexibility index (Phi) is 9.65. The van der Waals surface area contributed by atoms with Crippen LogP contribution in [0.3, 0.4) is 0 Å². The molecule has 0 unspecified atom stereocenters. The van der Waals surface area contributed by atoms with Crippen molar-refractivity contribution in [1.29, 1.82) is 0 Å². The van der Waals surface area contributed by atoms with Gasteiger partial charge in [0.15, 0.2) is 0 Å². The third-order valence-corrected chi connectivity index (χ3v) is 3.70. The van der Waals surface area contributed by atoms with Crippen molar-refractivity contribution in [1.82, 2.24) is 0 Å². The summed E-state index contributed by atoms with van der Waals surface area (Å²) in [6, 6.07) is 10.7. The molecule has 0 aromatic heterocycles. The minimum absolute atomic E-state index is 0.495. The fraction of sp³-hybridized carbons (Fsp3) is 0.500. The van der Waals surface area contributed by atoms with Gasteiger partial charge >= 0.3 is 0 Å². The van der Waals surface area contributed by atoms with Crippen LogP contribution in [0.5, 0.6) is 0 Å². The zero-order valence-corrected chi connectivity index (χ0v) is 13.2. The Morgan fingerprint density at radius 2 is 1.60 bits per heavy atom. The van der Waals surface area contributed by atoms with Crippen molar-refractivity contribution in [2.75, 3.05) is 0 Å². The molecule has 1 aromatic carbocycles. The van der Waals surface area contributed by atoms with Crippen molar-refractivity contribution in [2.45, 2.75) is 64.7 Å². The van der Waals surface area contributed by atoms with Gasteiger partial charge in [-0.2, -0.15) is 0 Å². The molecule has 0 N–H and O–H groups in total. The second kappa shape index (κ2) is 11.5. The summed E-state index contributed by atoms with van der Waals surface area (Å²) in [6.45, 7) is 4.51. The Morgan fingerprint density at radius 3 is 2.35 bits per heavy atom. The first-order valence-electron chi connectivity index (χ1n) is 8.23. The number of benzene rings is 1. The van der Waals surface area contributed by atoms with E-state index in [-0.39, 0.29) is 0 Å². The van der Waals surface area contributed by atoms with E-state index in [9.17, 15) is 0 Å². The van der Waals surface area contributed by atoms with Crippen molar-refractivity contribution >= 4 is 0 Å². The predicted octanol–water partition coefficient (Wildman–Crippen LogP) is 6.65. The van der Waals surface area contributed by atoms with Crippen LogP contribution >= 0.6 is 0 Å². The summed E-state index contributed by atoms with van der Waals surface area (Å²) >= 11 is 0. The van der Waals surface area contributed by atoms with Gasteiger partial charge in [0.25, 0.3) is 0 Å². The molecule has 1 aromatic rings. The maximum absolute atomic E-state index is 2.30. The third kappa shape index (κ3) is 7.99. The SMILES string of the molecule is CCCCCCCC/C=C/C=C\[C@@H](C)c1ccccc1. The molecular formula is C20H30. The molecule has 0 heterocycles. The topological polar surface area (TPSA) is 0 Å². The Labute approximate surface area is 125 Å². The molecule has 1 rings (SSSR count). The molecule has 0 heteroatoms. The molecule has 110 valence electrons. The van der Waals surface area contributed by atoms with Crippen LogP contribution in [0.25, 0.3) is 0 Å². The molecule has 0 saturated carbocycles. The van der Waals surface area contributed by atoms with Gasteiger partial charge in [0.1, 0.15) is 0 Å². The zero-order chi connectivity index (χ0) is 14.5. The number of hydrogen-bond acceptors (Lipinski definition) is 0. The summed E-state index contributed by atoms with van der Waals surface area (Å²) in [5.74, 6) is 0.495. The van der Waals surface area contributed by atoms with Gasteiger partial charge in [-0.3, -0.25) is 0 Å². The molecule has 0 fully saturated rings. The molecule has 0 bridgehead atoms. The van der Waals surface area contributed by atoms with Crippen LogP contribution in [-0.4, -0.2) is 0 Å². The van der Waals surface area contributed by atoms with Crippen molar-refractivity contribution < 1.29 is 0 Å². The maximum atomic E-state index is 2.30. The molecular weight excluding hydrogens is 240 g/mol. The minimum Gasteiger partial charge on any atom is -0.0845 e. The van der Waals surface area contributed by atoms with Gasteiger partial charge in [0.05, 0.1) is 0 Å². The monoisotopic (exact) mass is 270 g/mol. The summed E-state index contributed by atoms with van der Waals surface area (Å²) in [4.78, 5) is 0. The van der Waals surface area contributed by atoms with Gasteiger partial charge in [-0.15, -0.1) is 0 Å². The Morgan fingerprint density at radius 1 is 0.900 bits per heavy atom. The van der Waals surface area contributed by atoms with Crippen LogP contribution in [0.15, 0.2) is 54.6 Å². The highest BCUT2D eigenvalue weighted by Crippen LogP contribution is 2.15. The summed E-state index contributed by atoms with van der Waals surface area (Å²) in [5.41, 5.74) is 1.38. The third-order valence-electron chi connectivity index (χ3n) is 3.70. The van der Waals surface area contributed by atoms with Crippen LogP contribution in [0.1, 0.15) is 70.3 Å². The first kappa shape index (κ1) is 16.8. The molecule has 20 heavy (non-hydrogen) atoms. The smallest absolute Gasteiger partial charge is 0.000732 e. The number of unbranched alkanes of at least 4 members (excludes halogenated alkanes) is 6. The lowest BCUT2D eigenvalue weighted by Gasteiger charge is -2.04. The average Bonchev–Trinajstić information content (AvgIpc) is 2.50. The Balaban J connectivity index is 2.10. The maximum Gasteiger partial charge on any atom is -0.000732 e. The fourth-order valence-electron chi connectivity index (χ4n) is 2.32. The number of rotatable bonds is 10.